The highest BCUT2D eigenvalue weighted by molar-refractivity contribution is 5.78. The highest BCUT2D eigenvalue weighted by Gasteiger charge is 2.16. The normalized spacial score (nSPS) is 19.6. The molecule has 4 nitrogen and oxygen atoms in total. The van der Waals surface area contributed by atoms with E-state index in [1.54, 1.807) is 24.3 Å². The summed E-state index contributed by atoms with van der Waals surface area (Å²) in [5, 5.41) is 15.3. The molecule has 2 rings (SSSR count). The van der Waals surface area contributed by atoms with Crippen molar-refractivity contribution in [1.82, 2.24) is 10.6 Å². The van der Waals surface area contributed by atoms with Gasteiger partial charge in [0.1, 0.15) is 5.75 Å². The molecule has 0 spiro atoms. The van der Waals surface area contributed by atoms with Gasteiger partial charge < -0.3 is 15.7 Å². The quantitative estimate of drug-likeness (QED) is 0.691. The van der Waals surface area contributed by atoms with Gasteiger partial charge in [-0.25, -0.2) is 0 Å². The van der Waals surface area contributed by atoms with Gasteiger partial charge in [0, 0.05) is 12.6 Å². The van der Waals surface area contributed by atoms with E-state index in [4.69, 9.17) is 5.11 Å². The molecule has 1 aliphatic rings. The van der Waals surface area contributed by atoms with Gasteiger partial charge in [0.05, 0.1) is 6.42 Å². The van der Waals surface area contributed by atoms with Gasteiger partial charge in [-0.05, 0) is 30.7 Å². The van der Waals surface area contributed by atoms with E-state index < -0.39 is 0 Å². The molecule has 3 N–H and O–H groups in total. The maximum Gasteiger partial charge on any atom is 0.224 e. The van der Waals surface area contributed by atoms with Crippen molar-refractivity contribution < 1.29 is 9.90 Å². The fraction of sp³-hybridized carbons (Fsp3) is 0.417. The molecule has 86 valence electrons. The maximum absolute atomic E-state index is 11.7. The van der Waals surface area contributed by atoms with Crippen molar-refractivity contribution >= 4 is 5.91 Å². The predicted octanol–water partition coefficient (Wildman–Crippen LogP) is 0.413. The maximum atomic E-state index is 11.7. The van der Waals surface area contributed by atoms with Crippen LogP contribution in [-0.2, 0) is 11.2 Å². The van der Waals surface area contributed by atoms with Crippen molar-refractivity contribution in [2.75, 3.05) is 13.1 Å². The van der Waals surface area contributed by atoms with Crippen LogP contribution in [0.1, 0.15) is 12.0 Å². The lowest BCUT2D eigenvalue weighted by Gasteiger charge is -2.11. The number of hydrogen-bond acceptors (Lipinski definition) is 3. The minimum absolute atomic E-state index is 0.0411. The van der Waals surface area contributed by atoms with E-state index in [0.29, 0.717) is 6.42 Å². The Kier molecular flexibility index (Phi) is 3.41. The number of benzene rings is 1. The van der Waals surface area contributed by atoms with E-state index in [9.17, 15) is 4.79 Å². The lowest BCUT2D eigenvalue weighted by molar-refractivity contribution is -0.121. The second kappa shape index (κ2) is 4.99. The third-order valence-electron chi connectivity index (χ3n) is 2.73. The molecule has 0 radical (unpaired) electrons. The summed E-state index contributed by atoms with van der Waals surface area (Å²) in [7, 11) is 0. The SMILES string of the molecule is O=C(Cc1ccc(O)cc1)N[C@H]1CCNC1. The van der Waals surface area contributed by atoms with Gasteiger partial charge in [0.15, 0.2) is 0 Å². The Bertz CT molecular complexity index is 356. The Morgan fingerprint density at radius 3 is 2.81 bits per heavy atom. The van der Waals surface area contributed by atoms with Crippen LogP contribution in [0.2, 0.25) is 0 Å². The Morgan fingerprint density at radius 1 is 1.44 bits per heavy atom. The second-order valence-corrected chi connectivity index (χ2v) is 4.10. The van der Waals surface area contributed by atoms with E-state index in [1.807, 2.05) is 0 Å². The van der Waals surface area contributed by atoms with Crippen LogP contribution in [0.5, 0.6) is 5.75 Å². The third-order valence-corrected chi connectivity index (χ3v) is 2.73. The number of amides is 1. The van der Waals surface area contributed by atoms with Crippen LogP contribution in [-0.4, -0.2) is 30.1 Å². The molecule has 1 amide bonds. The monoisotopic (exact) mass is 220 g/mol. The van der Waals surface area contributed by atoms with Gasteiger partial charge in [-0.3, -0.25) is 4.79 Å². The van der Waals surface area contributed by atoms with E-state index in [0.717, 1.165) is 25.1 Å². The Hall–Kier alpha value is -1.55. The third kappa shape index (κ3) is 2.97. The van der Waals surface area contributed by atoms with Crippen molar-refractivity contribution in [2.45, 2.75) is 18.9 Å². The summed E-state index contributed by atoms with van der Waals surface area (Å²) in [6.45, 7) is 1.84. The number of nitrogens with one attached hydrogen (secondary N) is 2. The van der Waals surface area contributed by atoms with Crippen LogP contribution < -0.4 is 10.6 Å². The minimum Gasteiger partial charge on any atom is -0.508 e. The zero-order chi connectivity index (χ0) is 11.4. The summed E-state index contributed by atoms with van der Waals surface area (Å²) in [6.07, 6.45) is 1.37. The summed E-state index contributed by atoms with van der Waals surface area (Å²) in [6, 6.07) is 6.99. The molecule has 1 aromatic rings. The molecule has 1 atom stereocenters. The van der Waals surface area contributed by atoms with Crippen molar-refractivity contribution in [3.63, 3.8) is 0 Å². The molecule has 0 aliphatic carbocycles. The first kappa shape index (κ1) is 11.0. The van der Waals surface area contributed by atoms with Crippen LogP contribution in [0.15, 0.2) is 24.3 Å². The van der Waals surface area contributed by atoms with Crippen LogP contribution in [0.4, 0.5) is 0 Å². The number of hydrogen-bond donors (Lipinski definition) is 3. The summed E-state index contributed by atoms with van der Waals surface area (Å²) in [4.78, 5) is 11.7. The van der Waals surface area contributed by atoms with Gasteiger partial charge >= 0.3 is 0 Å². The number of phenolic OH excluding ortho intramolecular Hbond substituents is 1. The van der Waals surface area contributed by atoms with Gasteiger partial charge in [0.25, 0.3) is 0 Å². The van der Waals surface area contributed by atoms with Crippen LogP contribution in [0.25, 0.3) is 0 Å². The van der Waals surface area contributed by atoms with Crippen LogP contribution in [0.3, 0.4) is 0 Å². The van der Waals surface area contributed by atoms with Gasteiger partial charge in [-0.1, -0.05) is 12.1 Å². The first-order valence-corrected chi connectivity index (χ1v) is 5.52. The molecule has 1 fully saturated rings. The van der Waals surface area contributed by atoms with Crippen molar-refractivity contribution in [1.29, 1.82) is 0 Å². The number of aromatic hydroxyl groups is 1. The average Bonchev–Trinajstić information content (AvgIpc) is 2.74. The largest absolute Gasteiger partial charge is 0.508 e. The first-order valence-electron chi connectivity index (χ1n) is 5.52. The van der Waals surface area contributed by atoms with E-state index >= 15 is 0 Å². The smallest absolute Gasteiger partial charge is 0.224 e. The van der Waals surface area contributed by atoms with Crippen molar-refractivity contribution in [3.8, 4) is 5.75 Å². The lowest BCUT2D eigenvalue weighted by Crippen LogP contribution is -2.37. The summed E-state index contributed by atoms with van der Waals surface area (Å²) in [5.41, 5.74) is 0.918. The first-order chi connectivity index (χ1) is 7.74. The second-order valence-electron chi connectivity index (χ2n) is 4.10. The van der Waals surface area contributed by atoms with Gasteiger partial charge in [0.2, 0.25) is 5.91 Å². The summed E-state index contributed by atoms with van der Waals surface area (Å²) < 4.78 is 0. The highest BCUT2D eigenvalue weighted by Crippen LogP contribution is 2.10. The topological polar surface area (TPSA) is 61.4 Å². The molecule has 4 heteroatoms. The molecule has 0 unspecified atom stereocenters. The molecule has 1 aromatic carbocycles. The molecular formula is C12H16N2O2. The Labute approximate surface area is 94.7 Å². The van der Waals surface area contributed by atoms with Crippen LogP contribution >= 0.6 is 0 Å². The Morgan fingerprint density at radius 2 is 2.19 bits per heavy atom. The number of carbonyl (C=O) groups excluding carboxylic acids is 1. The number of phenols is 1. The van der Waals surface area contributed by atoms with E-state index in [1.165, 1.54) is 0 Å². The number of rotatable bonds is 3. The van der Waals surface area contributed by atoms with Crippen molar-refractivity contribution in [3.05, 3.63) is 29.8 Å². The zero-order valence-corrected chi connectivity index (χ0v) is 9.07. The van der Waals surface area contributed by atoms with E-state index in [2.05, 4.69) is 10.6 Å². The fourth-order valence-corrected chi connectivity index (χ4v) is 1.86. The van der Waals surface area contributed by atoms with Gasteiger partial charge in [-0.15, -0.1) is 0 Å². The molecule has 0 bridgehead atoms. The molecule has 1 aliphatic heterocycles. The summed E-state index contributed by atoms with van der Waals surface area (Å²) >= 11 is 0. The molecule has 1 heterocycles. The molecule has 1 saturated heterocycles. The predicted molar refractivity (Wildman–Crippen MR) is 61.2 cm³/mol. The van der Waals surface area contributed by atoms with Crippen molar-refractivity contribution in [2.24, 2.45) is 0 Å². The zero-order valence-electron chi connectivity index (χ0n) is 9.07. The minimum atomic E-state index is 0.0411. The molecule has 0 saturated carbocycles. The molecule has 16 heavy (non-hydrogen) atoms. The standard InChI is InChI=1S/C12H16N2O2/c15-11-3-1-9(2-4-11)7-12(16)14-10-5-6-13-8-10/h1-4,10,13,15H,5-8H2,(H,14,16)/t10-/m0/s1. The molecule has 0 aromatic heterocycles. The van der Waals surface area contributed by atoms with Crippen LogP contribution in [0, 0.1) is 0 Å². The highest BCUT2D eigenvalue weighted by atomic mass is 16.3. The number of carbonyl (C=O) groups is 1. The fourth-order valence-electron chi connectivity index (χ4n) is 1.86. The molecular weight excluding hydrogens is 204 g/mol. The lowest BCUT2D eigenvalue weighted by atomic mass is 10.1. The average molecular weight is 220 g/mol. The summed E-state index contributed by atoms with van der Waals surface area (Å²) in [5.74, 6) is 0.267. The Balaban J connectivity index is 1.84. The van der Waals surface area contributed by atoms with Gasteiger partial charge in [-0.2, -0.15) is 0 Å². The van der Waals surface area contributed by atoms with E-state index in [-0.39, 0.29) is 17.7 Å².